The van der Waals surface area contributed by atoms with Crippen molar-refractivity contribution >= 4 is 10.9 Å². The first-order chi connectivity index (χ1) is 7.92. The molecular formula is C14H17N2. The molecule has 1 radical (unpaired) electrons. The number of nitrogens with one attached hydrogen (secondary N) is 1. The summed E-state index contributed by atoms with van der Waals surface area (Å²) in [7, 11) is 0. The van der Waals surface area contributed by atoms with Gasteiger partial charge < -0.3 is 9.88 Å². The molecule has 0 atom stereocenters. The number of hydrogen-bond donors (Lipinski definition) is 1. The van der Waals surface area contributed by atoms with Gasteiger partial charge in [0.2, 0.25) is 0 Å². The molecular weight excluding hydrogens is 196 g/mol. The van der Waals surface area contributed by atoms with E-state index in [2.05, 4.69) is 41.1 Å². The molecule has 1 aliphatic rings. The molecule has 2 aromatic rings. The van der Waals surface area contributed by atoms with E-state index in [9.17, 15) is 0 Å². The van der Waals surface area contributed by atoms with Crippen LogP contribution >= 0.6 is 0 Å². The molecule has 83 valence electrons. The highest BCUT2D eigenvalue weighted by molar-refractivity contribution is 5.85. The second kappa shape index (κ2) is 3.95. The quantitative estimate of drug-likeness (QED) is 0.811. The lowest BCUT2D eigenvalue weighted by Crippen LogP contribution is -2.25. The first kappa shape index (κ1) is 9.91. The van der Waals surface area contributed by atoms with Crippen LogP contribution in [-0.4, -0.2) is 11.1 Å². The number of aryl methyl sites for hydroxylation is 1. The lowest BCUT2D eigenvalue weighted by atomic mass is 10.1. The summed E-state index contributed by atoms with van der Waals surface area (Å²) in [6.07, 6.45) is 2.10. The fraction of sp³-hybridized carbons (Fsp3) is 0.357. The van der Waals surface area contributed by atoms with Crippen molar-refractivity contribution in [1.82, 2.24) is 9.88 Å². The Morgan fingerprint density at radius 3 is 3.06 bits per heavy atom. The highest BCUT2D eigenvalue weighted by atomic mass is 15.0. The van der Waals surface area contributed by atoms with E-state index in [1.54, 1.807) is 5.56 Å². The van der Waals surface area contributed by atoms with Gasteiger partial charge in [-0.25, -0.2) is 0 Å². The molecule has 16 heavy (non-hydrogen) atoms. The third-order valence-electron chi connectivity index (χ3n) is 3.42. The van der Waals surface area contributed by atoms with E-state index in [1.807, 2.05) is 0 Å². The standard InChI is InChI=1S/C14H17N2/c1-2-9-16-13-6-4-3-5-11(13)12-7-8-15-10-14(12)16/h3-6,15H,1-2,7-10H2. The summed E-state index contributed by atoms with van der Waals surface area (Å²) in [5.74, 6) is 0. The number of rotatable bonds is 2. The number of aromatic nitrogens is 1. The normalized spacial score (nSPS) is 15.3. The van der Waals surface area contributed by atoms with Crippen LogP contribution in [0.4, 0.5) is 0 Å². The van der Waals surface area contributed by atoms with Crippen molar-refractivity contribution < 1.29 is 0 Å². The molecule has 0 amide bonds. The molecule has 1 N–H and O–H groups in total. The molecule has 1 aromatic carbocycles. The maximum absolute atomic E-state index is 3.98. The van der Waals surface area contributed by atoms with Crippen LogP contribution in [0.25, 0.3) is 10.9 Å². The predicted molar refractivity (Wildman–Crippen MR) is 67.3 cm³/mol. The molecule has 0 bridgehead atoms. The zero-order chi connectivity index (χ0) is 11.0. The third-order valence-corrected chi connectivity index (χ3v) is 3.42. The second-order valence-corrected chi connectivity index (χ2v) is 4.37. The summed E-state index contributed by atoms with van der Waals surface area (Å²) in [5, 5.41) is 4.90. The minimum atomic E-state index is 0.950. The van der Waals surface area contributed by atoms with Gasteiger partial charge in [0.05, 0.1) is 0 Å². The van der Waals surface area contributed by atoms with Crippen molar-refractivity contribution in [2.75, 3.05) is 6.54 Å². The molecule has 1 aromatic heterocycles. The number of benzene rings is 1. The second-order valence-electron chi connectivity index (χ2n) is 4.37. The van der Waals surface area contributed by atoms with Gasteiger partial charge in [-0.15, -0.1) is 0 Å². The summed E-state index contributed by atoms with van der Waals surface area (Å²) < 4.78 is 2.43. The molecule has 2 heterocycles. The van der Waals surface area contributed by atoms with Crippen LogP contribution in [-0.2, 0) is 19.5 Å². The van der Waals surface area contributed by atoms with Crippen LogP contribution in [0.5, 0.6) is 0 Å². The van der Waals surface area contributed by atoms with Crippen molar-refractivity contribution in [2.24, 2.45) is 0 Å². The van der Waals surface area contributed by atoms with E-state index in [0.717, 1.165) is 32.5 Å². The van der Waals surface area contributed by atoms with Crippen molar-refractivity contribution in [3.05, 3.63) is 42.4 Å². The Morgan fingerprint density at radius 1 is 1.31 bits per heavy atom. The monoisotopic (exact) mass is 213 g/mol. The fourth-order valence-corrected chi connectivity index (χ4v) is 2.74. The lowest BCUT2D eigenvalue weighted by molar-refractivity contribution is 0.587. The minimum Gasteiger partial charge on any atom is -0.343 e. The van der Waals surface area contributed by atoms with Gasteiger partial charge >= 0.3 is 0 Å². The van der Waals surface area contributed by atoms with Gasteiger partial charge in [-0.1, -0.05) is 25.1 Å². The average molecular weight is 213 g/mol. The Balaban J connectivity index is 2.28. The molecule has 0 saturated carbocycles. The molecule has 0 fully saturated rings. The predicted octanol–water partition coefficient (Wildman–Crippen LogP) is 2.51. The van der Waals surface area contributed by atoms with Crippen molar-refractivity contribution in [1.29, 1.82) is 0 Å². The lowest BCUT2D eigenvalue weighted by Gasteiger charge is -2.16. The summed E-state index contributed by atoms with van der Waals surface area (Å²) in [6.45, 7) is 7.11. The Labute approximate surface area is 96.3 Å². The zero-order valence-electron chi connectivity index (χ0n) is 9.50. The number of hydrogen-bond acceptors (Lipinski definition) is 1. The Hall–Kier alpha value is -1.28. The van der Waals surface area contributed by atoms with E-state index in [1.165, 1.54) is 16.6 Å². The van der Waals surface area contributed by atoms with Crippen LogP contribution in [0.3, 0.4) is 0 Å². The highest BCUT2D eigenvalue weighted by Crippen LogP contribution is 2.28. The van der Waals surface area contributed by atoms with Crippen molar-refractivity contribution in [2.45, 2.75) is 25.9 Å². The van der Waals surface area contributed by atoms with Gasteiger partial charge in [-0.2, -0.15) is 0 Å². The van der Waals surface area contributed by atoms with Gasteiger partial charge in [0, 0.05) is 29.7 Å². The molecule has 1 aliphatic heterocycles. The van der Waals surface area contributed by atoms with E-state index >= 15 is 0 Å². The zero-order valence-corrected chi connectivity index (χ0v) is 9.50. The topological polar surface area (TPSA) is 17.0 Å². The average Bonchev–Trinajstić information content (AvgIpc) is 2.66. The highest BCUT2D eigenvalue weighted by Gasteiger charge is 2.18. The van der Waals surface area contributed by atoms with E-state index in [4.69, 9.17) is 0 Å². The smallest absolute Gasteiger partial charge is 0.0485 e. The maximum atomic E-state index is 3.98. The van der Waals surface area contributed by atoms with Gasteiger partial charge in [0.15, 0.2) is 0 Å². The first-order valence-corrected chi connectivity index (χ1v) is 6.01. The number of nitrogens with zero attached hydrogens (tertiary/aromatic N) is 1. The summed E-state index contributed by atoms with van der Waals surface area (Å²) >= 11 is 0. The molecule has 2 nitrogen and oxygen atoms in total. The molecule has 3 rings (SSSR count). The van der Waals surface area contributed by atoms with Crippen LogP contribution in [0.15, 0.2) is 24.3 Å². The van der Waals surface area contributed by atoms with Crippen molar-refractivity contribution in [3.63, 3.8) is 0 Å². The Bertz CT molecular complexity index is 511. The fourth-order valence-electron chi connectivity index (χ4n) is 2.74. The van der Waals surface area contributed by atoms with Crippen LogP contribution in [0.1, 0.15) is 17.7 Å². The maximum Gasteiger partial charge on any atom is 0.0485 e. The van der Waals surface area contributed by atoms with E-state index < -0.39 is 0 Å². The van der Waals surface area contributed by atoms with Gasteiger partial charge in [0.1, 0.15) is 0 Å². The number of fused-ring (bicyclic) bond motifs is 3. The molecule has 2 heteroatoms. The molecule has 0 spiro atoms. The molecule has 0 aliphatic carbocycles. The van der Waals surface area contributed by atoms with Crippen molar-refractivity contribution in [3.8, 4) is 0 Å². The van der Waals surface area contributed by atoms with Gasteiger partial charge in [-0.05, 0) is 31.0 Å². The summed E-state index contributed by atoms with van der Waals surface area (Å²) in [6, 6.07) is 8.74. The van der Waals surface area contributed by atoms with Crippen LogP contribution < -0.4 is 5.32 Å². The molecule has 0 saturated heterocycles. The largest absolute Gasteiger partial charge is 0.343 e. The van der Waals surface area contributed by atoms with Crippen LogP contribution in [0.2, 0.25) is 0 Å². The summed E-state index contributed by atoms with van der Waals surface area (Å²) in [4.78, 5) is 0. The Morgan fingerprint density at radius 2 is 2.19 bits per heavy atom. The third kappa shape index (κ3) is 1.37. The van der Waals surface area contributed by atoms with Gasteiger partial charge in [-0.3, -0.25) is 0 Å². The van der Waals surface area contributed by atoms with Gasteiger partial charge in [0.25, 0.3) is 0 Å². The SMILES string of the molecule is [CH2]CCn1c2c(c3ccccc31)CCNC2. The number of para-hydroxylation sites is 1. The minimum absolute atomic E-state index is 0.950. The first-order valence-electron chi connectivity index (χ1n) is 6.01. The Kier molecular flexibility index (Phi) is 2.44. The van der Waals surface area contributed by atoms with E-state index in [0.29, 0.717) is 0 Å². The van der Waals surface area contributed by atoms with E-state index in [-0.39, 0.29) is 0 Å². The summed E-state index contributed by atoms with van der Waals surface area (Å²) in [5.41, 5.74) is 4.39. The van der Waals surface area contributed by atoms with Crippen LogP contribution in [0, 0.1) is 6.92 Å². The molecule has 0 unspecified atom stereocenters.